The molecule has 1 aliphatic heterocycles. The Hall–Kier alpha value is -1.70. The van der Waals surface area contributed by atoms with Crippen LogP contribution in [0.1, 0.15) is 49.0 Å². The van der Waals surface area contributed by atoms with Crippen LogP contribution in [-0.2, 0) is 19.7 Å². The number of nitrogens with zero attached hydrogens (tertiary/aromatic N) is 1. The van der Waals surface area contributed by atoms with E-state index in [1.807, 2.05) is 12.1 Å². The van der Waals surface area contributed by atoms with Crippen LogP contribution in [-0.4, -0.2) is 56.2 Å². The normalized spacial score (nSPS) is 28.9. The predicted molar refractivity (Wildman–Crippen MR) is 113 cm³/mol. The van der Waals surface area contributed by atoms with Gasteiger partial charge in [-0.2, -0.15) is 8.42 Å². The van der Waals surface area contributed by atoms with E-state index < -0.39 is 10.1 Å². The monoisotopic (exact) mass is 421 g/mol. The van der Waals surface area contributed by atoms with Gasteiger partial charge in [-0.25, -0.2) is 0 Å². The van der Waals surface area contributed by atoms with Crippen LogP contribution in [0.5, 0.6) is 5.75 Å². The smallest absolute Gasteiger partial charge is 0.264 e. The van der Waals surface area contributed by atoms with E-state index in [1.54, 1.807) is 6.07 Å². The van der Waals surface area contributed by atoms with Crippen molar-refractivity contribution in [1.82, 2.24) is 4.90 Å². The summed E-state index contributed by atoms with van der Waals surface area (Å²) in [7, 11) is -3.26. The molecule has 1 aromatic rings. The minimum absolute atomic E-state index is 0.00665. The summed E-state index contributed by atoms with van der Waals surface area (Å²) >= 11 is 0. The quantitative estimate of drug-likeness (QED) is 0.581. The maximum absolute atomic E-state index is 13.0. The number of phenolic OH excluding ortho intramolecular Hbond substituents is 1. The predicted octanol–water partition coefficient (Wildman–Crippen LogP) is 3.12. The zero-order valence-corrected chi connectivity index (χ0v) is 18.2. The van der Waals surface area contributed by atoms with Crippen molar-refractivity contribution in [3.8, 4) is 5.75 Å². The lowest BCUT2D eigenvalue weighted by Crippen LogP contribution is -2.61. The highest BCUT2D eigenvalue weighted by atomic mass is 32.2. The van der Waals surface area contributed by atoms with E-state index in [4.69, 9.17) is 0 Å². The van der Waals surface area contributed by atoms with Crippen molar-refractivity contribution in [2.45, 2.75) is 44.6 Å². The Kier molecular flexibility index (Phi) is 6.22. The van der Waals surface area contributed by atoms with Gasteiger partial charge in [0.2, 0.25) is 0 Å². The summed E-state index contributed by atoms with van der Waals surface area (Å²) in [4.78, 5) is 15.4. The lowest BCUT2D eigenvalue weighted by atomic mass is 9.58. The van der Waals surface area contributed by atoms with E-state index in [2.05, 4.69) is 29.5 Å². The van der Waals surface area contributed by atoms with Crippen LogP contribution in [0.2, 0.25) is 0 Å². The summed E-state index contributed by atoms with van der Waals surface area (Å²) in [5, 5.41) is 9.83. The van der Waals surface area contributed by atoms with Gasteiger partial charge in [-0.15, -0.1) is 6.58 Å². The molecule has 29 heavy (non-hydrogen) atoms. The number of fused-ring (bicyclic) bond motifs is 4. The Morgan fingerprint density at radius 3 is 2.62 bits per heavy atom. The fourth-order valence-corrected chi connectivity index (χ4v) is 4.91. The molecule has 0 amide bonds. The molecule has 1 saturated carbocycles. The molecule has 1 heterocycles. The molecule has 6 nitrogen and oxygen atoms in total. The van der Waals surface area contributed by atoms with Gasteiger partial charge in [-0.05, 0) is 66.8 Å². The summed E-state index contributed by atoms with van der Waals surface area (Å²) in [6.45, 7) is 9.90. The number of ketones is 1. The summed E-state index contributed by atoms with van der Waals surface area (Å²) in [5.74, 6) is 1.66. The molecule has 3 atom stereocenters. The van der Waals surface area contributed by atoms with Crippen molar-refractivity contribution in [3.63, 3.8) is 0 Å². The number of aromatic hydroxyl groups is 1. The minimum Gasteiger partial charge on any atom is -0.508 e. The molecule has 7 heteroatoms. The van der Waals surface area contributed by atoms with Crippen LogP contribution in [0.25, 0.3) is 0 Å². The Morgan fingerprint density at radius 2 is 2.07 bits per heavy atom. The second-order valence-corrected chi connectivity index (χ2v) is 10.4. The zero-order valence-electron chi connectivity index (χ0n) is 17.4. The van der Waals surface area contributed by atoms with Gasteiger partial charge in [0.1, 0.15) is 5.75 Å². The molecule has 2 aliphatic carbocycles. The third-order valence-electron chi connectivity index (χ3n) is 6.53. The van der Waals surface area contributed by atoms with Crippen LogP contribution < -0.4 is 0 Å². The van der Waals surface area contributed by atoms with Crippen molar-refractivity contribution in [2.75, 3.05) is 26.0 Å². The molecule has 0 unspecified atom stereocenters. The van der Waals surface area contributed by atoms with Gasteiger partial charge in [0.25, 0.3) is 10.1 Å². The molecular weight excluding hydrogens is 390 g/mol. The summed E-state index contributed by atoms with van der Waals surface area (Å²) in [6.07, 6.45) is 6.10. The lowest BCUT2D eigenvalue weighted by Gasteiger charge is -2.53. The molecule has 3 aliphatic rings. The number of hydrogen-bond donors (Lipinski definition) is 1. The Balaban J connectivity index is 0.000000258. The first-order valence-electron chi connectivity index (χ1n) is 10.1. The molecule has 0 radical (unpaired) electrons. The Morgan fingerprint density at radius 1 is 1.38 bits per heavy atom. The molecule has 0 spiro atoms. The van der Waals surface area contributed by atoms with E-state index in [9.17, 15) is 18.3 Å². The fourth-order valence-electron chi connectivity index (χ4n) is 4.57. The lowest BCUT2D eigenvalue weighted by molar-refractivity contribution is 0.0265. The van der Waals surface area contributed by atoms with Gasteiger partial charge in [-0.3, -0.25) is 13.9 Å². The van der Waals surface area contributed by atoms with Crippen molar-refractivity contribution in [2.24, 2.45) is 11.8 Å². The molecule has 0 aromatic heterocycles. The number of carbonyl (C=O) groups is 1. The first-order chi connectivity index (χ1) is 13.6. The molecule has 4 rings (SSSR count). The molecule has 2 fully saturated rings. The number of benzene rings is 1. The second kappa shape index (κ2) is 8.20. The highest BCUT2D eigenvalue weighted by molar-refractivity contribution is 7.85. The Bertz CT molecular complexity index is 892. The van der Waals surface area contributed by atoms with Crippen molar-refractivity contribution in [3.05, 3.63) is 42.0 Å². The largest absolute Gasteiger partial charge is 0.508 e. The van der Waals surface area contributed by atoms with E-state index in [1.165, 1.54) is 18.9 Å². The number of carbonyl (C=O) groups excluding carboxylic acids is 1. The highest BCUT2D eigenvalue weighted by Crippen LogP contribution is 2.49. The van der Waals surface area contributed by atoms with Gasteiger partial charge in [0.15, 0.2) is 5.78 Å². The van der Waals surface area contributed by atoms with Gasteiger partial charge >= 0.3 is 0 Å². The highest BCUT2D eigenvalue weighted by Gasteiger charge is 2.52. The third-order valence-corrected chi connectivity index (χ3v) is 7.10. The number of rotatable bonds is 5. The first kappa shape index (κ1) is 22.0. The van der Waals surface area contributed by atoms with Crippen LogP contribution in [0.3, 0.4) is 0 Å². The SMILES string of the molecule is C=CCOS(C)(=O)=O.C[C@H]1[C@H]2C(=O)c3ccc(O)cc3[C@]1(C)CCN2CC1CC1. The number of hydrogen-bond acceptors (Lipinski definition) is 6. The Labute approximate surface area is 173 Å². The van der Waals surface area contributed by atoms with Gasteiger partial charge < -0.3 is 5.11 Å². The van der Waals surface area contributed by atoms with Gasteiger partial charge in [-0.1, -0.05) is 19.9 Å². The van der Waals surface area contributed by atoms with Crippen LogP contribution in [0, 0.1) is 11.8 Å². The molecular formula is C22H31NO5S. The van der Waals surface area contributed by atoms with Crippen molar-refractivity contribution >= 4 is 15.9 Å². The van der Waals surface area contributed by atoms with E-state index in [0.29, 0.717) is 5.92 Å². The molecule has 2 bridgehead atoms. The molecule has 1 N–H and O–H groups in total. The minimum atomic E-state index is -3.26. The maximum atomic E-state index is 13.0. The fraction of sp³-hybridized carbons (Fsp3) is 0.591. The van der Waals surface area contributed by atoms with E-state index >= 15 is 0 Å². The number of piperidine rings is 1. The topological polar surface area (TPSA) is 83.9 Å². The number of Topliss-reactive ketones (excluding diaryl/α,β-unsaturated/α-hetero) is 1. The summed E-state index contributed by atoms with van der Waals surface area (Å²) < 4.78 is 24.5. The van der Waals surface area contributed by atoms with Crippen molar-refractivity contribution < 1.29 is 22.5 Å². The summed E-state index contributed by atoms with van der Waals surface area (Å²) in [6, 6.07) is 5.32. The van der Waals surface area contributed by atoms with Crippen LogP contribution >= 0.6 is 0 Å². The average Bonchev–Trinajstić information content (AvgIpc) is 3.46. The van der Waals surface area contributed by atoms with Gasteiger partial charge in [0.05, 0.1) is 18.9 Å². The molecule has 1 saturated heterocycles. The maximum Gasteiger partial charge on any atom is 0.264 e. The van der Waals surface area contributed by atoms with Crippen LogP contribution in [0.15, 0.2) is 30.9 Å². The summed E-state index contributed by atoms with van der Waals surface area (Å²) in [5.41, 5.74) is 1.90. The second-order valence-electron chi connectivity index (χ2n) is 8.71. The third kappa shape index (κ3) is 4.73. The number of phenols is 1. The van der Waals surface area contributed by atoms with Gasteiger partial charge in [0, 0.05) is 12.1 Å². The van der Waals surface area contributed by atoms with Crippen LogP contribution in [0.4, 0.5) is 0 Å². The average molecular weight is 422 g/mol. The zero-order chi connectivity index (χ0) is 21.4. The first-order valence-corrected chi connectivity index (χ1v) is 12.0. The standard InChI is InChI=1S/C18H23NO2.C4H8O3S/c1-11-16-17(21)14-6-5-13(20)9-15(14)18(11,2)7-8-19(16)10-12-3-4-12;1-3-4-7-8(2,5)6/h5-6,9,11-12,16,20H,3-4,7-8,10H2,1-2H3;3H,1,4H2,2H3/t11-,16-,18+;/m0./s1. The molecule has 160 valence electrons. The molecule has 1 aromatic carbocycles. The van der Waals surface area contributed by atoms with E-state index in [-0.39, 0.29) is 29.6 Å². The van der Waals surface area contributed by atoms with E-state index in [0.717, 1.165) is 42.8 Å². The number of likely N-dealkylation sites (tertiary alicyclic amines) is 1. The van der Waals surface area contributed by atoms with Crippen molar-refractivity contribution in [1.29, 1.82) is 0 Å².